The Morgan fingerprint density at radius 2 is 2.12 bits per heavy atom. The maximum Gasteiger partial charge on any atom is 0.417 e. The Morgan fingerprint density at radius 1 is 1.35 bits per heavy atom. The van der Waals surface area contributed by atoms with Gasteiger partial charge in [-0.2, -0.15) is 13.2 Å². The summed E-state index contributed by atoms with van der Waals surface area (Å²) < 4.78 is 42.8. The van der Waals surface area contributed by atoms with Gasteiger partial charge in [-0.1, -0.05) is 6.42 Å². The Labute approximate surface area is 168 Å². The summed E-state index contributed by atoms with van der Waals surface area (Å²) in [7, 11) is 1.76. The number of hydrogen-bond acceptors (Lipinski definition) is 3. The molecule has 1 saturated heterocycles. The molecule has 0 atom stereocenters. The SMILES string of the molecule is CN=C(NCCOc1ccc(C(F)(F)F)cn1)N1CCC2(CCC2)C1.I. The zero-order valence-electron chi connectivity index (χ0n) is 14.7. The summed E-state index contributed by atoms with van der Waals surface area (Å²) in [6.07, 6.45) is 1.57. The second kappa shape index (κ2) is 8.62. The summed E-state index contributed by atoms with van der Waals surface area (Å²) in [4.78, 5) is 10.3. The first kappa shape index (κ1) is 21.0. The van der Waals surface area contributed by atoms with Crippen LogP contribution in [0.2, 0.25) is 0 Å². The third-order valence-corrected chi connectivity index (χ3v) is 5.06. The molecule has 26 heavy (non-hydrogen) atoms. The molecule has 0 amide bonds. The lowest BCUT2D eigenvalue weighted by Crippen LogP contribution is -2.43. The van der Waals surface area contributed by atoms with E-state index in [4.69, 9.17) is 4.74 Å². The number of hydrogen-bond donors (Lipinski definition) is 1. The van der Waals surface area contributed by atoms with Crippen LogP contribution in [0.1, 0.15) is 31.2 Å². The molecule has 9 heteroatoms. The van der Waals surface area contributed by atoms with Crippen molar-refractivity contribution in [3.63, 3.8) is 0 Å². The number of likely N-dealkylation sites (tertiary alicyclic amines) is 1. The zero-order chi connectivity index (χ0) is 17.9. The van der Waals surface area contributed by atoms with E-state index in [1.54, 1.807) is 7.05 Å². The fraction of sp³-hybridized carbons (Fsp3) is 0.647. The first-order valence-corrected chi connectivity index (χ1v) is 8.54. The van der Waals surface area contributed by atoms with Gasteiger partial charge in [-0.3, -0.25) is 4.99 Å². The Hall–Kier alpha value is -1.26. The molecule has 146 valence electrons. The molecule has 2 heterocycles. The van der Waals surface area contributed by atoms with Gasteiger partial charge in [0.2, 0.25) is 5.88 Å². The monoisotopic (exact) mass is 484 g/mol. The topological polar surface area (TPSA) is 49.8 Å². The van der Waals surface area contributed by atoms with Crippen LogP contribution in [-0.4, -0.2) is 49.1 Å². The molecular formula is C17H24F3IN4O. The van der Waals surface area contributed by atoms with E-state index < -0.39 is 11.7 Å². The molecule has 2 fully saturated rings. The Bertz CT molecular complexity index is 617. The smallest absolute Gasteiger partial charge is 0.417 e. The second-order valence-corrected chi connectivity index (χ2v) is 6.73. The predicted octanol–water partition coefficient (Wildman–Crippen LogP) is 3.55. The largest absolute Gasteiger partial charge is 0.476 e. The first-order valence-electron chi connectivity index (χ1n) is 8.54. The number of nitrogens with zero attached hydrogens (tertiary/aromatic N) is 3. The summed E-state index contributed by atoms with van der Waals surface area (Å²) in [5, 5.41) is 3.25. The van der Waals surface area contributed by atoms with Crippen molar-refractivity contribution in [3.05, 3.63) is 23.9 Å². The maximum absolute atomic E-state index is 12.5. The first-order chi connectivity index (χ1) is 11.9. The van der Waals surface area contributed by atoms with Crippen LogP contribution in [0.25, 0.3) is 0 Å². The minimum absolute atomic E-state index is 0. The van der Waals surface area contributed by atoms with E-state index in [1.165, 1.54) is 31.7 Å². The fourth-order valence-electron chi connectivity index (χ4n) is 3.48. The zero-order valence-corrected chi connectivity index (χ0v) is 17.0. The molecular weight excluding hydrogens is 460 g/mol. The predicted molar refractivity (Wildman–Crippen MR) is 104 cm³/mol. The van der Waals surface area contributed by atoms with Crippen LogP contribution >= 0.6 is 24.0 Å². The standard InChI is InChI=1S/C17H23F3N4O.HI/c1-21-15(24-9-7-16(12-24)5-2-6-16)22-8-10-25-14-4-3-13(11-23-14)17(18,19)20;/h3-4,11H,2,5-10,12H2,1H3,(H,21,22);1H. The minimum Gasteiger partial charge on any atom is -0.476 e. The van der Waals surface area contributed by atoms with Crippen LogP contribution in [0.3, 0.4) is 0 Å². The molecule has 0 bridgehead atoms. The van der Waals surface area contributed by atoms with Crippen molar-refractivity contribution < 1.29 is 17.9 Å². The van der Waals surface area contributed by atoms with Crippen LogP contribution in [0.15, 0.2) is 23.3 Å². The summed E-state index contributed by atoms with van der Waals surface area (Å²) in [6, 6.07) is 2.20. The second-order valence-electron chi connectivity index (χ2n) is 6.73. The van der Waals surface area contributed by atoms with Gasteiger partial charge < -0.3 is 15.0 Å². The van der Waals surface area contributed by atoms with Gasteiger partial charge in [-0.25, -0.2) is 4.98 Å². The molecule has 1 aliphatic heterocycles. The third-order valence-electron chi connectivity index (χ3n) is 5.06. The molecule has 1 saturated carbocycles. The lowest BCUT2D eigenvalue weighted by Gasteiger charge is -2.38. The Morgan fingerprint density at radius 3 is 2.62 bits per heavy atom. The molecule has 1 spiro atoms. The molecule has 1 N–H and O–H groups in total. The quantitative estimate of drug-likeness (QED) is 0.308. The summed E-state index contributed by atoms with van der Waals surface area (Å²) in [5.41, 5.74) is -0.282. The minimum atomic E-state index is -4.38. The highest BCUT2D eigenvalue weighted by Gasteiger charge is 2.43. The van der Waals surface area contributed by atoms with Gasteiger partial charge in [0.15, 0.2) is 5.96 Å². The average Bonchev–Trinajstić information content (AvgIpc) is 3.00. The lowest BCUT2D eigenvalue weighted by molar-refractivity contribution is -0.137. The fourth-order valence-corrected chi connectivity index (χ4v) is 3.48. The van der Waals surface area contributed by atoms with Gasteiger partial charge in [0.25, 0.3) is 0 Å². The van der Waals surface area contributed by atoms with E-state index in [2.05, 4.69) is 20.2 Å². The van der Waals surface area contributed by atoms with Crippen molar-refractivity contribution in [3.8, 4) is 5.88 Å². The number of pyridine rings is 1. The van der Waals surface area contributed by atoms with Crippen LogP contribution < -0.4 is 10.1 Å². The van der Waals surface area contributed by atoms with Crippen molar-refractivity contribution >= 4 is 29.9 Å². The molecule has 3 rings (SSSR count). The van der Waals surface area contributed by atoms with Crippen LogP contribution in [0.4, 0.5) is 13.2 Å². The number of aromatic nitrogens is 1. The summed E-state index contributed by atoms with van der Waals surface area (Å²) >= 11 is 0. The van der Waals surface area contributed by atoms with Gasteiger partial charge in [0.05, 0.1) is 12.1 Å². The molecule has 1 aromatic rings. The number of guanidine groups is 1. The Balaban J connectivity index is 0.00000243. The van der Waals surface area contributed by atoms with E-state index in [-0.39, 0.29) is 29.9 Å². The van der Waals surface area contributed by atoms with E-state index in [1.807, 2.05) is 0 Å². The van der Waals surface area contributed by atoms with Gasteiger partial charge in [0, 0.05) is 32.4 Å². The number of aliphatic imine (C=N–C) groups is 1. The molecule has 5 nitrogen and oxygen atoms in total. The molecule has 0 aromatic carbocycles. The molecule has 1 aliphatic carbocycles. The van der Waals surface area contributed by atoms with Crippen LogP contribution in [0.5, 0.6) is 5.88 Å². The summed E-state index contributed by atoms with van der Waals surface area (Å²) in [6.45, 7) is 2.88. The molecule has 1 aromatic heterocycles. The number of nitrogens with one attached hydrogen (secondary N) is 1. The van der Waals surface area contributed by atoms with Crippen molar-refractivity contribution in [1.82, 2.24) is 15.2 Å². The molecule has 0 radical (unpaired) electrons. The number of halogens is 4. The van der Waals surface area contributed by atoms with Gasteiger partial charge >= 0.3 is 6.18 Å². The average molecular weight is 484 g/mol. The highest BCUT2D eigenvalue weighted by molar-refractivity contribution is 14.0. The highest BCUT2D eigenvalue weighted by atomic mass is 127. The number of rotatable bonds is 4. The maximum atomic E-state index is 12.5. The highest BCUT2D eigenvalue weighted by Crippen LogP contribution is 2.47. The molecule has 2 aliphatic rings. The summed E-state index contributed by atoms with van der Waals surface area (Å²) in [5.74, 6) is 1.03. The van der Waals surface area contributed by atoms with Gasteiger partial charge in [-0.15, -0.1) is 24.0 Å². The number of ether oxygens (including phenoxy) is 1. The van der Waals surface area contributed by atoms with Crippen molar-refractivity contribution in [2.45, 2.75) is 31.9 Å². The van der Waals surface area contributed by atoms with Crippen LogP contribution in [-0.2, 0) is 6.18 Å². The van der Waals surface area contributed by atoms with E-state index in [9.17, 15) is 13.2 Å². The van der Waals surface area contributed by atoms with Gasteiger partial charge in [0.1, 0.15) is 6.61 Å². The lowest BCUT2D eigenvalue weighted by atomic mass is 9.68. The van der Waals surface area contributed by atoms with E-state index >= 15 is 0 Å². The van der Waals surface area contributed by atoms with Crippen molar-refractivity contribution in [1.29, 1.82) is 0 Å². The van der Waals surface area contributed by atoms with Crippen molar-refractivity contribution in [2.24, 2.45) is 10.4 Å². The van der Waals surface area contributed by atoms with Gasteiger partial charge in [-0.05, 0) is 30.7 Å². The normalized spacial score (nSPS) is 19.1. The van der Waals surface area contributed by atoms with E-state index in [0.29, 0.717) is 18.6 Å². The van der Waals surface area contributed by atoms with E-state index in [0.717, 1.165) is 31.3 Å². The van der Waals surface area contributed by atoms with Crippen LogP contribution in [0, 0.1) is 5.41 Å². The van der Waals surface area contributed by atoms with Crippen molar-refractivity contribution in [2.75, 3.05) is 33.3 Å². The third kappa shape index (κ3) is 4.92. The Kier molecular flexibility index (Phi) is 6.98. The number of alkyl halides is 3. The molecule has 0 unspecified atom stereocenters.